The van der Waals surface area contributed by atoms with Crippen molar-refractivity contribution in [2.24, 2.45) is 5.92 Å². The molecule has 2 rings (SSSR count). The summed E-state index contributed by atoms with van der Waals surface area (Å²) in [6, 6.07) is 0.616. The standard InChI is InChI=1S/C23H43N3/c1-5-10-21(11-6-2)22-18-24-26(19-22)23-13-16-25(17-14-23)15-9-7-8-12-20(3)4/h18-21,23H,5-17H2,1-4H3. The lowest BCUT2D eigenvalue weighted by atomic mass is 9.93. The van der Waals surface area contributed by atoms with E-state index in [4.69, 9.17) is 5.10 Å². The van der Waals surface area contributed by atoms with Gasteiger partial charge in [-0.05, 0) is 56.0 Å². The highest BCUT2D eigenvalue weighted by Crippen LogP contribution is 2.28. The summed E-state index contributed by atoms with van der Waals surface area (Å²) in [6.07, 6.45) is 17.7. The minimum absolute atomic E-state index is 0.616. The molecule has 0 aromatic carbocycles. The van der Waals surface area contributed by atoms with Gasteiger partial charge in [-0.2, -0.15) is 5.10 Å². The van der Waals surface area contributed by atoms with Crippen LogP contribution in [0.25, 0.3) is 0 Å². The zero-order chi connectivity index (χ0) is 18.8. The molecule has 0 spiro atoms. The normalized spacial score (nSPS) is 16.8. The molecule has 0 unspecified atom stereocenters. The Hall–Kier alpha value is -0.830. The molecule has 1 aliphatic heterocycles. The molecule has 3 heteroatoms. The Balaban J connectivity index is 1.72. The molecule has 1 fully saturated rings. The summed E-state index contributed by atoms with van der Waals surface area (Å²) in [4.78, 5) is 2.67. The van der Waals surface area contributed by atoms with Gasteiger partial charge in [-0.15, -0.1) is 0 Å². The average Bonchev–Trinajstić information content (AvgIpc) is 3.11. The maximum absolute atomic E-state index is 4.75. The van der Waals surface area contributed by atoms with Crippen molar-refractivity contribution in [3.8, 4) is 0 Å². The summed E-state index contributed by atoms with van der Waals surface area (Å²) >= 11 is 0. The van der Waals surface area contributed by atoms with Crippen LogP contribution in [0.2, 0.25) is 0 Å². The molecule has 3 nitrogen and oxygen atoms in total. The lowest BCUT2D eigenvalue weighted by molar-refractivity contribution is 0.177. The molecule has 0 radical (unpaired) electrons. The molecular weight excluding hydrogens is 318 g/mol. The first kappa shape index (κ1) is 21.5. The van der Waals surface area contributed by atoms with Crippen LogP contribution in [-0.2, 0) is 0 Å². The maximum atomic E-state index is 4.75. The van der Waals surface area contributed by atoms with Crippen molar-refractivity contribution in [2.45, 2.75) is 104 Å². The largest absolute Gasteiger partial charge is 0.303 e. The highest BCUT2D eigenvalue weighted by Gasteiger charge is 2.22. The fourth-order valence-electron chi connectivity index (χ4n) is 4.41. The predicted octanol–water partition coefficient (Wildman–Crippen LogP) is 6.42. The average molecular weight is 362 g/mol. The molecule has 150 valence electrons. The molecule has 26 heavy (non-hydrogen) atoms. The summed E-state index contributed by atoms with van der Waals surface area (Å²) in [5.41, 5.74) is 1.47. The van der Waals surface area contributed by atoms with Crippen LogP contribution in [0.3, 0.4) is 0 Å². The van der Waals surface area contributed by atoms with Gasteiger partial charge in [0.05, 0.1) is 12.2 Å². The third kappa shape index (κ3) is 7.06. The second-order valence-electron chi connectivity index (χ2n) is 8.84. The number of hydrogen-bond donors (Lipinski definition) is 0. The van der Waals surface area contributed by atoms with Crippen molar-refractivity contribution >= 4 is 0 Å². The van der Waals surface area contributed by atoms with Crippen LogP contribution in [0.1, 0.15) is 109 Å². The van der Waals surface area contributed by atoms with Gasteiger partial charge in [-0.25, -0.2) is 0 Å². The van der Waals surface area contributed by atoms with Crippen molar-refractivity contribution in [1.29, 1.82) is 0 Å². The zero-order valence-corrected chi connectivity index (χ0v) is 17.9. The Kier molecular flexibility index (Phi) is 9.74. The van der Waals surface area contributed by atoms with Gasteiger partial charge >= 0.3 is 0 Å². The van der Waals surface area contributed by atoms with Gasteiger partial charge in [-0.3, -0.25) is 4.68 Å². The van der Waals surface area contributed by atoms with E-state index in [1.54, 1.807) is 0 Å². The smallest absolute Gasteiger partial charge is 0.0543 e. The van der Waals surface area contributed by atoms with Gasteiger partial charge in [-0.1, -0.05) is 59.8 Å². The van der Waals surface area contributed by atoms with E-state index in [0.717, 1.165) is 5.92 Å². The molecular formula is C23H43N3. The van der Waals surface area contributed by atoms with E-state index in [1.807, 2.05) is 0 Å². The second kappa shape index (κ2) is 11.8. The van der Waals surface area contributed by atoms with Crippen LogP contribution in [0, 0.1) is 5.92 Å². The van der Waals surface area contributed by atoms with Crippen molar-refractivity contribution in [1.82, 2.24) is 14.7 Å². The summed E-state index contributed by atoms with van der Waals surface area (Å²) in [6.45, 7) is 13.0. The third-order valence-corrected chi connectivity index (χ3v) is 6.05. The fraction of sp³-hybridized carbons (Fsp3) is 0.870. The van der Waals surface area contributed by atoms with E-state index in [1.165, 1.54) is 89.4 Å². The van der Waals surface area contributed by atoms with Crippen LogP contribution in [-0.4, -0.2) is 34.3 Å². The van der Waals surface area contributed by atoms with E-state index in [-0.39, 0.29) is 0 Å². The number of likely N-dealkylation sites (tertiary alicyclic amines) is 1. The molecule has 2 heterocycles. The molecule has 1 aliphatic rings. The monoisotopic (exact) mass is 361 g/mol. The van der Waals surface area contributed by atoms with Crippen LogP contribution in [0.15, 0.2) is 12.4 Å². The number of rotatable bonds is 12. The Morgan fingerprint density at radius 1 is 1.00 bits per heavy atom. The molecule has 1 saturated heterocycles. The summed E-state index contributed by atoms with van der Waals surface area (Å²) < 4.78 is 2.29. The molecule has 0 atom stereocenters. The van der Waals surface area contributed by atoms with Crippen LogP contribution in [0.4, 0.5) is 0 Å². The quantitative estimate of drug-likeness (QED) is 0.400. The van der Waals surface area contributed by atoms with Crippen molar-refractivity contribution in [3.05, 3.63) is 18.0 Å². The van der Waals surface area contributed by atoms with Crippen molar-refractivity contribution in [3.63, 3.8) is 0 Å². The summed E-state index contributed by atoms with van der Waals surface area (Å²) in [5, 5.41) is 4.75. The van der Waals surface area contributed by atoms with Crippen molar-refractivity contribution in [2.75, 3.05) is 19.6 Å². The number of unbranched alkanes of at least 4 members (excludes halogenated alkanes) is 2. The topological polar surface area (TPSA) is 21.1 Å². The molecule has 0 bridgehead atoms. The van der Waals surface area contributed by atoms with E-state index < -0.39 is 0 Å². The van der Waals surface area contributed by atoms with Crippen molar-refractivity contribution < 1.29 is 0 Å². The molecule has 0 amide bonds. The summed E-state index contributed by atoms with van der Waals surface area (Å²) in [7, 11) is 0. The number of nitrogens with zero attached hydrogens (tertiary/aromatic N) is 3. The van der Waals surface area contributed by atoms with Crippen LogP contribution >= 0.6 is 0 Å². The number of piperidine rings is 1. The van der Waals surface area contributed by atoms with Gasteiger partial charge in [0.15, 0.2) is 0 Å². The number of hydrogen-bond acceptors (Lipinski definition) is 2. The highest BCUT2D eigenvalue weighted by molar-refractivity contribution is 5.11. The maximum Gasteiger partial charge on any atom is 0.0543 e. The van der Waals surface area contributed by atoms with E-state index in [0.29, 0.717) is 12.0 Å². The molecule has 1 aromatic rings. The van der Waals surface area contributed by atoms with Crippen LogP contribution < -0.4 is 0 Å². The first-order valence-corrected chi connectivity index (χ1v) is 11.4. The molecule has 1 aromatic heterocycles. The zero-order valence-electron chi connectivity index (χ0n) is 17.9. The minimum Gasteiger partial charge on any atom is -0.303 e. The van der Waals surface area contributed by atoms with Gasteiger partial charge in [0.25, 0.3) is 0 Å². The van der Waals surface area contributed by atoms with Gasteiger partial charge in [0.2, 0.25) is 0 Å². The lowest BCUT2D eigenvalue weighted by Gasteiger charge is -2.32. The molecule has 0 aliphatic carbocycles. The van der Waals surface area contributed by atoms with E-state index in [2.05, 4.69) is 49.7 Å². The first-order chi connectivity index (χ1) is 12.6. The molecule has 0 saturated carbocycles. The lowest BCUT2D eigenvalue weighted by Crippen LogP contribution is -2.35. The van der Waals surface area contributed by atoms with E-state index >= 15 is 0 Å². The molecule has 0 N–H and O–H groups in total. The third-order valence-electron chi connectivity index (χ3n) is 6.05. The Morgan fingerprint density at radius 2 is 1.69 bits per heavy atom. The second-order valence-corrected chi connectivity index (χ2v) is 8.84. The fourth-order valence-corrected chi connectivity index (χ4v) is 4.41. The SMILES string of the molecule is CCCC(CCC)c1cnn(C2CCN(CCCCCC(C)C)CC2)c1. The Labute approximate surface area is 162 Å². The van der Waals surface area contributed by atoms with Gasteiger partial charge in [0.1, 0.15) is 0 Å². The summed E-state index contributed by atoms with van der Waals surface area (Å²) in [5.74, 6) is 1.57. The predicted molar refractivity (Wildman–Crippen MR) is 113 cm³/mol. The van der Waals surface area contributed by atoms with Gasteiger partial charge < -0.3 is 4.90 Å². The minimum atomic E-state index is 0.616. The van der Waals surface area contributed by atoms with E-state index in [9.17, 15) is 0 Å². The first-order valence-electron chi connectivity index (χ1n) is 11.4. The van der Waals surface area contributed by atoms with Crippen LogP contribution in [0.5, 0.6) is 0 Å². The number of aromatic nitrogens is 2. The highest BCUT2D eigenvalue weighted by atomic mass is 15.3. The Bertz CT molecular complexity index is 466. The Morgan fingerprint density at radius 3 is 2.31 bits per heavy atom. The van der Waals surface area contributed by atoms with Gasteiger partial charge in [0, 0.05) is 19.3 Å².